The molecule has 0 saturated carbocycles. The first-order valence-corrected chi connectivity index (χ1v) is 5.23. The van der Waals surface area contributed by atoms with Crippen molar-refractivity contribution in [1.82, 2.24) is 14.8 Å². The van der Waals surface area contributed by atoms with Crippen LogP contribution in [-0.2, 0) is 13.7 Å². The average Bonchev–Trinajstić information content (AvgIpc) is 2.71. The zero-order valence-electron chi connectivity index (χ0n) is 10.6. The quantitative estimate of drug-likeness (QED) is 0.641. The van der Waals surface area contributed by atoms with Gasteiger partial charge < -0.3 is 17.7 Å². The van der Waals surface area contributed by atoms with Gasteiger partial charge in [-0.1, -0.05) is 23.7 Å². The molecule has 0 unspecified atom stereocenters. The van der Waals surface area contributed by atoms with Crippen LogP contribution in [0.4, 0.5) is 12.9 Å². The molecule has 0 aliphatic rings. The molecule has 0 fully saturated rings. The molecular weight excluding hydrogens is 285 g/mol. The maximum absolute atomic E-state index is 12.7. The van der Waals surface area contributed by atoms with E-state index in [1.807, 2.05) is 0 Å². The maximum atomic E-state index is 12.7. The molecule has 0 radical (unpaired) electrons. The Morgan fingerprint density at radius 3 is 2.53 bits per heavy atom. The molecule has 1 aromatic carbocycles. The standard InChI is InChI=1S/C10H10BF3N3O.K/c1-17-10(15-7-16-17)6-18-9-5-3-2-4-8(9)11(12,13)14;/h2-5,7H,6H2,1H3;/q-1;+1. The van der Waals surface area contributed by atoms with Crippen molar-refractivity contribution >= 4 is 12.4 Å². The summed E-state index contributed by atoms with van der Waals surface area (Å²) in [6.07, 6.45) is 1.32. The van der Waals surface area contributed by atoms with Crippen molar-refractivity contribution in [3.63, 3.8) is 0 Å². The summed E-state index contributed by atoms with van der Waals surface area (Å²) in [6.45, 7) is -5.14. The fraction of sp³-hybridized carbons (Fsp3) is 0.200. The van der Waals surface area contributed by atoms with Gasteiger partial charge in [-0.2, -0.15) is 5.10 Å². The Balaban J connectivity index is 0.00000180. The van der Waals surface area contributed by atoms with Crippen LogP contribution in [0.3, 0.4) is 0 Å². The van der Waals surface area contributed by atoms with E-state index in [1.54, 1.807) is 7.05 Å². The molecule has 0 N–H and O–H groups in total. The number of benzene rings is 1. The molecule has 1 aromatic heterocycles. The molecule has 9 heteroatoms. The van der Waals surface area contributed by atoms with Gasteiger partial charge in [-0.25, -0.2) is 4.98 Å². The van der Waals surface area contributed by atoms with Gasteiger partial charge in [-0.05, 0) is 6.07 Å². The van der Waals surface area contributed by atoms with Crippen LogP contribution in [-0.4, -0.2) is 21.7 Å². The number of aromatic nitrogens is 3. The predicted molar refractivity (Wildman–Crippen MR) is 60.5 cm³/mol. The molecule has 0 amide bonds. The van der Waals surface area contributed by atoms with E-state index < -0.39 is 12.4 Å². The van der Waals surface area contributed by atoms with E-state index in [0.29, 0.717) is 5.82 Å². The van der Waals surface area contributed by atoms with Gasteiger partial charge in [-0.3, -0.25) is 4.68 Å². The van der Waals surface area contributed by atoms with Gasteiger partial charge in [0.15, 0.2) is 5.82 Å². The summed E-state index contributed by atoms with van der Waals surface area (Å²) in [6, 6.07) is 5.13. The summed E-state index contributed by atoms with van der Waals surface area (Å²) in [5, 5.41) is 3.81. The van der Waals surface area contributed by atoms with Crippen LogP contribution in [0, 0.1) is 0 Å². The first-order valence-electron chi connectivity index (χ1n) is 5.23. The fourth-order valence-corrected chi connectivity index (χ4v) is 1.48. The first kappa shape index (κ1) is 16.7. The topological polar surface area (TPSA) is 39.9 Å². The van der Waals surface area contributed by atoms with Crippen LogP contribution in [0.2, 0.25) is 0 Å². The summed E-state index contributed by atoms with van der Waals surface area (Å²) in [7, 11) is 1.64. The molecule has 0 bridgehead atoms. The molecule has 2 aromatic rings. The molecule has 0 saturated heterocycles. The minimum absolute atomic E-state index is 0. The summed E-state index contributed by atoms with van der Waals surface area (Å²) < 4.78 is 44.8. The summed E-state index contributed by atoms with van der Waals surface area (Å²) in [5.74, 6) is 0.271. The number of rotatable bonds is 4. The zero-order valence-corrected chi connectivity index (χ0v) is 13.7. The number of halogens is 3. The van der Waals surface area contributed by atoms with Gasteiger partial charge in [0.2, 0.25) is 0 Å². The third kappa shape index (κ3) is 4.32. The van der Waals surface area contributed by atoms with Crippen LogP contribution < -0.4 is 61.6 Å². The molecule has 96 valence electrons. The van der Waals surface area contributed by atoms with E-state index in [9.17, 15) is 12.9 Å². The van der Waals surface area contributed by atoms with Crippen molar-refractivity contribution in [3.8, 4) is 5.75 Å². The van der Waals surface area contributed by atoms with Gasteiger partial charge in [0.1, 0.15) is 12.9 Å². The number of nitrogens with zero attached hydrogens (tertiary/aromatic N) is 3. The summed E-state index contributed by atoms with van der Waals surface area (Å²) >= 11 is 0. The van der Waals surface area contributed by atoms with Crippen LogP contribution in [0.15, 0.2) is 30.6 Å². The van der Waals surface area contributed by atoms with Crippen molar-refractivity contribution in [3.05, 3.63) is 36.4 Å². The van der Waals surface area contributed by atoms with Gasteiger partial charge in [0, 0.05) is 7.05 Å². The van der Waals surface area contributed by atoms with E-state index >= 15 is 0 Å². The van der Waals surface area contributed by atoms with E-state index in [0.717, 1.165) is 6.07 Å². The van der Waals surface area contributed by atoms with Gasteiger partial charge in [0.05, 0.1) is 5.75 Å². The van der Waals surface area contributed by atoms with Crippen molar-refractivity contribution in [2.75, 3.05) is 0 Å². The molecule has 19 heavy (non-hydrogen) atoms. The first-order chi connectivity index (χ1) is 8.48. The van der Waals surface area contributed by atoms with Gasteiger partial charge in [0.25, 0.3) is 0 Å². The average molecular weight is 295 g/mol. The Morgan fingerprint density at radius 1 is 1.26 bits per heavy atom. The maximum Gasteiger partial charge on any atom is 1.00 e. The predicted octanol–water partition coefficient (Wildman–Crippen LogP) is -1.55. The molecule has 1 heterocycles. The molecule has 0 spiro atoms. The van der Waals surface area contributed by atoms with Gasteiger partial charge >= 0.3 is 58.4 Å². The molecule has 0 aliphatic carbocycles. The fourth-order valence-electron chi connectivity index (χ4n) is 1.48. The molecule has 0 aliphatic heterocycles. The van der Waals surface area contributed by atoms with Gasteiger partial charge in [-0.15, -0.1) is 0 Å². The number of aryl methyl sites for hydroxylation is 1. The Labute approximate surface area is 150 Å². The SMILES string of the molecule is Cn1ncnc1COc1ccccc1[B-](F)(F)F.[K+]. The number of para-hydroxylation sites is 1. The van der Waals surface area contributed by atoms with Crippen LogP contribution in [0.5, 0.6) is 5.75 Å². The third-order valence-electron chi connectivity index (χ3n) is 2.43. The van der Waals surface area contributed by atoms with Crippen molar-refractivity contribution < 1.29 is 69.1 Å². The minimum atomic E-state index is -5.09. The van der Waals surface area contributed by atoms with E-state index in [1.165, 1.54) is 29.2 Å². The Hall–Kier alpha value is -0.349. The second-order valence-electron chi connectivity index (χ2n) is 3.70. The number of ether oxygens (including phenoxy) is 1. The van der Waals surface area contributed by atoms with Crippen molar-refractivity contribution in [2.45, 2.75) is 6.61 Å². The molecule has 2 rings (SSSR count). The molecular formula is C10H10BF3KN3O. The molecule has 0 atom stereocenters. The van der Waals surface area contributed by atoms with Crippen LogP contribution >= 0.6 is 0 Å². The smallest absolute Gasteiger partial charge is 0.489 e. The van der Waals surface area contributed by atoms with Crippen LogP contribution in [0.25, 0.3) is 0 Å². The minimum Gasteiger partial charge on any atom is -0.489 e. The largest absolute Gasteiger partial charge is 1.00 e. The monoisotopic (exact) mass is 295 g/mol. The Bertz CT molecular complexity index is 547. The third-order valence-corrected chi connectivity index (χ3v) is 2.43. The summed E-state index contributed by atoms with van der Waals surface area (Å²) in [4.78, 5) is 3.87. The number of hydrogen-bond acceptors (Lipinski definition) is 3. The zero-order chi connectivity index (χ0) is 13.2. The second kappa shape index (κ2) is 6.89. The van der Waals surface area contributed by atoms with Crippen molar-refractivity contribution in [1.29, 1.82) is 0 Å². The van der Waals surface area contributed by atoms with Crippen molar-refractivity contribution in [2.24, 2.45) is 7.05 Å². The number of hydrogen-bond donors (Lipinski definition) is 0. The molecule has 4 nitrogen and oxygen atoms in total. The Kier molecular flexibility index (Phi) is 6.06. The van der Waals surface area contributed by atoms with E-state index in [2.05, 4.69) is 10.1 Å². The van der Waals surface area contributed by atoms with Crippen LogP contribution in [0.1, 0.15) is 5.82 Å². The summed E-state index contributed by atoms with van der Waals surface area (Å²) in [5.41, 5.74) is -0.736. The normalized spacial score (nSPS) is 10.9. The second-order valence-corrected chi connectivity index (χ2v) is 3.70. The Morgan fingerprint density at radius 2 is 1.95 bits per heavy atom. The van der Waals surface area contributed by atoms with E-state index in [4.69, 9.17) is 4.74 Å². The van der Waals surface area contributed by atoms with E-state index in [-0.39, 0.29) is 63.7 Å².